The lowest BCUT2D eigenvalue weighted by molar-refractivity contribution is -0.117. The third-order valence-corrected chi connectivity index (χ3v) is 6.07. The summed E-state index contributed by atoms with van der Waals surface area (Å²) in [4.78, 5) is 30.5. The predicted octanol–water partition coefficient (Wildman–Crippen LogP) is 1.54. The minimum atomic E-state index is -3.82. The van der Waals surface area contributed by atoms with Gasteiger partial charge in [-0.05, 0) is 25.1 Å². The lowest BCUT2D eigenvalue weighted by Gasteiger charge is -2.13. The maximum Gasteiger partial charge on any atom is 0.265 e. The molecule has 0 spiro atoms. The van der Waals surface area contributed by atoms with Crippen LogP contribution in [0.4, 0.5) is 5.13 Å². The van der Waals surface area contributed by atoms with E-state index in [0.717, 1.165) is 0 Å². The molecule has 3 aromatic rings. The molecule has 5 N–H and O–H groups in total. The highest BCUT2D eigenvalue weighted by Gasteiger charge is 2.22. The van der Waals surface area contributed by atoms with Crippen LogP contribution in [0, 0.1) is 0 Å². The molecule has 1 aromatic carbocycles. The Morgan fingerprint density at radius 1 is 1.25 bits per heavy atom. The van der Waals surface area contributed by atoms with Crippen LogP contribution in [0.15, 0.2) is 52.9 Å². The van der Waals surface area contributed by atoms with Gasteiger partial charge in [-0.25, -0.2) is 13.4 Å². The standard InChI is InChI=1S/C17H17N5O4S2/c1-10(22-28(25,26)12-5-3-2-4-6-12)16(24)21-17-20-14(9-27-17)11-7-13(15(18)23)19-8-11/h2-10,19,22H,1H3,(H2,18,23)(H,20,21,24)/t10-/m0/s1. The van der Waals surface area contributed by atoms with Crippen molar-refractivity contribution in [3.05, 3.63) is 53.7 Å². The summed E-state index contributed by atoms with van der Waals surface area (Å²) in [6, 6.07) is 8.33. The molecule has 0 unspecified atom stereocenters. The molecular weight excluding hydrogens is 402 g/mol. The van der Waals surface area contributed by atoms with Gasteiger partial charge in [0.2, 0.25) is 15.9 Å². The van der Waals surface area contributed by atoms with Gasteiger partial charge in [0.05, 0.1) is 16.6 Å². The van der Waals surface area contributed by atoms with Crippen LogP contribution in [-0.2, 0) is 14.8 Å². The van der Waals surface area contributed by atoms with E-state index in [4.69, 9.17) is 5.73 Å². The van der Waals surface area contributed by atoms with E-state index < -0.39 is 27.9 Å². The van der Waals surface area contributed by atoms with Crippen molar-refractivity contribution in [1.29, 1.82) is 0 Å². The van der Waals surface area contributed by atoms with Gasteiger partial charge in [0.15, 0.2) is 5.13 Å². The number of hydrogen-bond donors (Lipinski definition) is 4. The maximum absolute atomic E-state index is 12.3. The third kappa shape index (κ3) is 4.44. The number of amides is 2. The van der Waals surface area contributed by atoms with Crippen LogP contribution in [-0.4, -0.2) is 36.2 Å². The number of thiazole rings is 1. The molecule has 0 fully saturated rings. The summed E-state index contributed by atoms with van der Waals surface area (Å²) in [5, 5.41) is 4.57. The number of nitrogens with zero attached hydrogens (tertiary/aromatic N) is 1. The van der Waals surface area contributed by atoms with Crippen molar-refractivity contribution >= 4 is 38.3 Å². The highest BCUT2D eigenvalue weighted by Crippen LogP contribution is 2.25. The van der Waals surface area contributed by atoms with Gasteiger partial charge in [0, 0.05) is 17.1 Å². The number of sulfonamides is 1. The SMILES string of the molecule is C[C@H](NS(=O)(=O)c1ccccc1)C(=O)Nc1nc(-c2c[nH]c(C(N)=O)c2)cs1. The van der Waals surface area contributed by atoms with Crippen LogP contribution in [0.25, 0.3) is 11.3 Å². The second-order valence-electron chi connectivity index (χ2n) is 5.85. The first-order valence-corrected chi connectivity index (χ1v) is 10.4. The second-order valence-corrected chi connectivity index (χ2v) is 8.42. The smallest absolute Gasteiger partial charge is 0.265 e. The first kappa shape index (κ1) is 19.7. The van der Waals surface area contributed by atoms with Gasteiger partial charge in [-0.2, -0.15) is 4.72 Å². The number of rotatable bonds is 7. The number of hydrogen-bond acceptors (Lipinski definition) is 6. The van der Waals surface area contributed by atoms with E-state index in [0.29, 0.717) is 16.4 Å². The fourth-order valence-electron chi connectivity index (χ4n) is 2.32. The number of carbonyl (C=O) groups excluding carboxylic acids is 2. The minimum absolute atomic E-state index is 0.0731. The zero-order valence-corrected chi connectivity index (χ0v) is 16.3. The summed E-state index contributed by atoms with van der Waals surface area (Å²) in [6.45, 7) is 1.44. The number of aromatic amines is 1. The van der Waals surface area contributed by atoms with Crippen LogP contribution >= 0.6 is 11.3 Å². The first-order chi connectivity index (χ1) is 13.3. The van der Waals surface area contributed by atoms with E-state index in [1.807, 2.05) is 0 Å². The molecule has 0 aliphatic rings. The van der Waals surface area contributed by atoms with E-state index in [-0.39, 0.29) is 10.6 Å². The maximum atomic E-state index is 12.3. The van der Waals surface area contributed by atoms with Gasteiger partial charge >= 0.3 is 0 Å². The van der Waals surface area contributed by atoms with Crippen molar-refractivity contribution in [1.82, 2.24) is 14.7 Å². The average Bonchev–Trinajstić information content (AvgIpc) is 3.31. The fourth-order valence-corrected chi connectivity index (χ4v) is 4.26. The van der Waals surface area contributed by atoms with Crippen molar-refractivity contribution in [2.24, 2.45) is 5.73 Å². The number of H-pyrrole nitrogens is 1. The van der Waals surface area contributed by atoms with E-state index in [9.17, 15) is 18.0 Å². The number of nitrogens with two attached hydrogens (primary N) is 1. The van der Waals surface area contributed by atoms with Crippen molar-refractivity contribution in [3.63, 3.8) is 0 Å². The molecule has 146 valence electrons. The second kappa shape index (κ2) is 7.92. The highest BCUT2D eigenvalue weighted by molar-refractivity contribution is 7.89. The summed E-state index contributed by atoms with van der Waals surface area (Å²) >= 11 is 1.17. The Kier molecular flexibility index (Phi) is 5.58. The van der Waals surface area contributed by atoms with Crippen molar-refractivity contribution < 1.29 is 18.0 Å². The van der Waals surface area contributed by atoms with E-state index in [2.05, 4.69) is 20.0 Å². The molecule has 0 saturated heterocycles. The molecule has 2 heterocycles. The largest absolute Gasteiger partial charge is 0.364 e. The van der Waals surface area contributed by atoms with Gasteiger partial charge in [-0.15, -0.1) is 11.3 Å². The lowest BCUT2D eigenvalue weighted by Crippen LogP contribution is -2.41. The average molecular weight is 419 g/mol. The van der Waals surface area contributed by atoms with Crippen LogP contribution < -0.4 is 15.8 Å². The van der Waals surface area contributed by atoms with Crippen LogP contribution in [0.5, 0.6) is 0 Å². The summed E-state index contributed by atoms with van der Waals surface area (Å²) < 4.78 is 26.9. The molecule has 3 rings (SSSR count). The summed E-state index contributed by atoms with van der Waals surface area (Å²) in [6.07, 6.45) is 1.58. The number of aromatic nitrogens is 2. The molecule has 0 aliphatic heterocycles. The van der Waals surface area contributed by atoms with Crippen LogP contribution in [0.2, 0.25) is 0 Å². The Balaban J connectivity index is 1.66. The van der Waals surface area contributed by atoms with Gasteiger partial charge in [-0.3, -0.25) is 9.59 Å². The van der Waals surface area contributed by atoms with E-state index >= 15 is 0 Å². The van der Waals surface area contributed by atoms with Gasteiger partial charge in [0.25, 0.3) is 5.91 Å². The van der Waals surface area contributed by atoms with Crippen LogP contribution in [0.1, 0.15) is 17.4 Å². The molecule has 28 heavy (non-hydrogen) atoms. The highest BCUT2D eigenvalue weighted by atomic mass is 32.2. The molecule has 0 bridgehead atoms. The number of nitrogens with one attached hydrogen (secondary N) is 3. The minimum Gasteiger partial charge on any atom is -0.364 e. The number of primary amides is 1. The van der Waals surface area contributed by atoms with Crippen LogP contribution in [0.3, 0.4) is 0 Å². The Morgan fingerprint density at radius 2 is 1.96 bits per heavy atom. The molecule has 11 heteroatoms. The molecule has 1 atom stereocenters. The quantitative estimate of drug-likeness (QED) is 0.459. The molecule has 0 radical (unpaired) electrons. The lowest BCUT2D eigenvalue weighted by atomic mass is 10.2. The van der Waals surface area contributed by atoms with Crippen molar-refractivity contribution in [2.45, 2.75) is 17.9 Å². The molecule has 0 aliphatic carbocycles. The van der Waals surface area contributed by atoms with Gasteiger partial charge in [0.1, 0.15) is 5.69 Å². The third-order valence-electron chi connectivity index (χ3n) is 3.76. The zero-order valence-electron chi connectivity index (χ0n) is 14.7. The molecule has 2 amide bonds. The molecular formula is C17H17N5O4S2. The number of carbonyl (C=O) groups is 2. The Hall–Kier alpha value is -3.02. The normalized spacial score (nSPS) is 12.5. The fraction of sp³-hybridized carbons (Fsp3) is 0.118. The Bertz CT molecular complexity index is 1110. The van der Waals surface area contributed by atoms with Gasteiger partial charge in [-0.1, -0.05) is 18.2 Å². The first-order valence-electron chi connectivity index (χ1n) is 8.08. The van der Waals surface area contributed by atoms with E-state index in [1.54, 1.807) is 35.8 Å². The summed E-state index contributed by atoms with van der Waals surface area (Å²) in [7, 11) is -3.82. The number of anilines is 1. The van der Waals surface area contributed by atoms with E-state index in [1.165, 1.54) is 30.4 Å². The Morgan fingerprint density at radius 3 is 2.61 bits per heavy atom. The Labute approximate surface area is 165 Å². The molecule has 9 nitrogen and oxygen atoms in total. The topological polar surface area (TPSA) is 147 Å². The van der Waals surface area contributed by atoms with Gasteiger partial charge < -0.3 is 16.0 Å². The summed E-state index contributed by atoms with van der Waals surface area (Å²) in [5.41, 5.74) is 6.63. The zero-order chi connectivity index (χ0) is 20.3. The molecule has 2 aromatic heterocycles. The van der Waals surface area contributed by atoms with Crippen molar-refractivity contribution in [3.8, 4) is 11.3 Å². The summed E-state index contributed by atoms with van der Waals surface area (Å²) in [5.74, 6) is -1.14. The predicted molar refractivity (Wildman–Crippen MR) is 105 cm³/mol. The molecule has 0 saturated carbocycles. The van der Waals surface area contributed by atoms with Crippen molar-refractivity contribution in [2.75, 3.05) is 5.32 Å². The number of benzene rings is 1. The monoisotopic (exact) mass is 419 g/mol.